The van der Waals surface area contributed by atoms with Crippen molar-refractivity contribution in [2.24, 2.45) is 10.2 Å². The Labute approximate surface area is 242 Å². The Morgan fingerprint density at radius 2 is 1.51 bits per heavy atom. The van der Waals surface area contributed by atoms with Crippen molar-refractivity contribution in [1.82, 2.24) is 0 Å². The highest BCUT2D eigenvalue weighted by Gasteiger charge is 2.26. The Kier molecular flexibility index (Phi) is 12.4. The van der Waals surface area contributed by atoms with Crippen molar-refractivity contribution in [2.45, 2.75) is 52.5 Å². The molecule has 4 aromatic rings. The van der Waals surface area contributed by atoms with Gasteiger partial charge in [0.2, 0.25) is 0 Å². The second kappa shape index (κ2) is 15.5. The summed E-state index contributed by atoms with van der Waals surface area (Å²) < 4.78 is 36.5. The first-order valence-electron chi connectivity index (χ1n) is 13.3. The molecule has 0 fully saturated rings. The number of hydrogen-bond donors (Lipinski definition) is 2. The molecule has 0 aliphatic carbocycles. The van der Waals surface area contributed by atoms with E-state index in [2.05, 4.69) is 15.5 Å². The number of anilines is 1. The van der Waals surface area contributed by atoms with Gasteiger partial charge in [-0.2, -0.15) is 13.5 Å². The van der Waals surface area contributed by atoms with Gasteiger partial charge in [-0.15, -0.1) is 5.11 Å². The lowest BCUT2D eigenvalue weighted by Crippen LogP contribution is -2.13. The molecule has 0 radical (unpaired) electrons. The third-order valence-corrected chi connectivity index (χ3v) is 6.76. The molecule has 0 saturated carbocycles. The van der Waals surface area contributed by atoms with Crippen LogP contribution < -0.4 is 10.1 Å². The van der Waals surface area contributed by atoms with Crippen LogP contribution in [0.2, 0.25) is 0 Å². The van der Waals surface area contributed by atoms with Gasteiger partial charge in [0.25, 0.3) is 16.0 Å². The number of nitrogens with zero attached hydrogens (tertiary/aromatic N) is 2. The summed E-state index contributed by atoms with van der Waals surface area (Å²) >= 11 is 0. The van der Waals surface area contributed by atoms with Crippen LogP contribution in [0.4, 0.5) is 17.1 Å². The molecule has 1 amide bonds. The first-order valence-corrected chi connectivity index (χ1v) is 14.7. The van der Waals surface area contributed by atoms with E-state index in [0.717, 1.165) is 0 Å². The molecule has 0 aliphatic heterocycles. The van der Waals surface area contributed by atoms with Crippen LogP contribution in [0.15, 0.2) is 94.0 Å². The van der Waals surface area contributed by atoms with E-state index >= 15 is 0 Å². The predicted octanol–water partition coefficient (Wildman–Crippen LogP) is 8.39. The van der Waals surface area contributed by atoms with Crippen molar-refractivity contribution < 1.29 is 27.2 Å². The maximum absolute atomic E-state index is 13.1. The minimum atomic E-state index is -4.32. The van der Waals surface area contributed by atoms with Gasteiger partial charge in [0.15, 0.2) is 5.75 Å². The molecule has 0 heterocycles. The van der Waals surface area contributed by atoms with Crippen LogP contribution in [0, 0.1) is 0 Å². The van der Waals surface area contributed by atoms with E-state index in [-0.39, 0.29) is 22.2 Å². The minimum Gasteiger partial charge on any atom is -0.505 e. The third-order valence-electron chi connectivity index (χ3n) is 5.27. The van der Waals surface area contributed by atoms with Crippen molar-refractivity contribution in [2.75, 3.05) is 12.4 Å². The van der Waals surface area contributed by atoms with Gasteiger partial charge in [-0.05, 0) is 79.9 Å². The number of carbonyl (C=O) groups excluding carboxylic acids is 1. The Hall–Kier alpha value is -4.28. The summed E-state index contributed by atoms with van der Waals surface area (Å²) in [6.45, 7) is 11.2. The predicted molar refractivity (Wildman–Crippen MR) is 163 cm³/mol. The third kappa shape index (κ3) is 8.60. The van der Waals surface area contributed by atoms with Gasteiger partial charge >= 0.3 is 0 Å². The van der Waals surface area contributed by atoms with Crippen molar-refractivity contribution in [3.05, 3.63) is 84.4 Å². The van der Waals surface area contributed by atoms with Gasteiger partial charge in [-0.25, -0.2) is 0 Å². The zero-order valence-corrected chi connectivity index (χ0v) is 25.2. The van der Waals surface area contributed by atoms with Gasteiger partial charge in [-0.1, -0.05) is 45.9 Å². The van der Waals surface area contributed by atoms with E-state index in [4.69, 9.17) is 8.92 Å². The van der Waals surface area contributed by atoms with E-state index < -0.39 is 16.2 Å². The maximum Gasteiger partial charge on any atom is 0.299 e. The van der Waals surface area contributed by atoms with Crippen LogP contribution in [-0.4, -0.2) is 32.6 Å². The minimum absolute atomic E-state index is 0.259. The molecule has 0 atom stereocenters. The summed E-state index contributed by atoms with van der Waals surface area (Å²) in [6.07, 6.45) is -0.647. The number of methoxy groups -OCH3 is 1. The molecule has 218 valence electrons. The fraction of sp³-hybridized carbons (Fsp3) is 0.258. The topological polar surface area (TPSA) is 127 Å². The smallest absolute Gasteiger partial charge is 0.299 e. The highest BCUT2D eigenvalue weighted by Crippen LogP contribution is 2.43. The quantitative estimate of drug-likeness (QED) is 0.159. The van der Waals surface area contributed by atoms with Crippen LogP contribution in [0.3, 0.4) is 0 Å². The van der Waals surface area contributed by atoms with E-state index in [1.807, 2.05) is 27.7 Å². The number of aromatic hydroxyl groups is 1. The first kappa shape index (κ1) is 32.9. The molecule has 0 bridgehead atoms. The molecule has 10 heteroatoms. The SMILES string of the molecule is CC.CC.COc1ccc(N=Nc2c(S(=O)(=O)OC(C)C)cc3cc(NC(=O)c4ccccc4)ccc3c2O)cc1. The van der Waals surface area contributed by atoms with Crippen LogP contribution in [0.1, 0.15) is 51.9 Å². The lowest BCUT2D eigenvalue weighted by molar-refractivity contribution is 0.102. The summed E-state index contributed by atoms with van der Waals surface area (Å²) in [5.74, 6) is -0.0945. The number of benzene rings is 4. The number of azo groups is 1. The highest BCUT2D eigenvalue weighted by molar-refractivity contribution is 7.87. The molecule has 0 spiro atoms. The first-order chi connectivity index (χ1) is 19.7. The molecule has 4 rings (SSSR count). The van der Waals surface area contributed by atoms with Gasteiger partial charge in [-0.3, -0.25) is 8.98 Å². The molecule has 2 N–H and O–H groups in total. The number of amides is 1. The van der Waals surface area contributed by atoms with E-state index in [1.54, 1.807) is 86.6 Å². The second-order valence-electron chi connectivity index (χ2n) is 8.33. The summed E-state index contributed by atoms with van der Waals surface area (Å²) in [6, 6.07) is 21.4. The Morgan fingerprint density at radius 1 is 0.878 bits per heavy atom. The fourth-order valence-corrected chi connectivity index (χ4v) is 4.83. The van der Waals surface area contributed by atoms with Crippen molar-refractivity contribution in [1.29, 1.82) is 0 Å². The molecular weight excluding hydrogens is 542 g/mol. The Morgan fingerprint density at radius 3 is 2.10 bits per heavy atom. The van der Waals surface area contributed by atoms with Gasteiger partial charge in [0.05, 0.1) is 18.9 Å². The molecule has 4 aromatic carbocycles. The number of rotatable bonds is 8. The number of fused-ring (bicyclic) bond motifs is 1. The van der Waals surface area contributed by atoms with E-state index in [9.17, 15) is 18.3 Å². The van der Waals surface area contributed by atoms with Crippen molar-refractivity contribution >= 4 is 43.9 Å². The number of phenolic OH excluding ortho intramolecular Hbond substituents is 1. The normalized spacial score (nSPS) is 10.9. The van der Waals surface area contributed by atoms with Gasteiger partial charge in [0, 0.05) is 16.6 Å². The summed E-state index contributed by atoms with van der Waals surface area (Å²) in [5, 5.41) is 22.7. The average Bonchev–Trinajstić information content (AvgIpc) is 2.98. The second-order valence-corrected chi connectivity index (χ2v) is 9.87. The average molecular weight is 580 g/mol. The van der Waals surface area contributed by atoms with E-state index in [0.29, 0.717) is 33.5 Å². The zero-order valence-electron chi connectivity index (χ0n) is 24.4. The zero-order chi connectivity index (χ0) is 30.6. The molecular formula is C31H37N3O6S. The van der Waals surface area contributed by atoms with Gasteiger partial charge in [0.1, 0.15) is 16.3 Å². The molecule has 0 saturated heterocycles. The largest absolute Gasteiger partial charge is 0.505 e. The number of phenols is 1. The van der Waals surface area contributed by atoms with Gasteiger partial charge < -0.3 is 15.2 Å². The molecule has 9 nitrogen and oxygen atoms in total. The standard InChI is InChI=1S/C27H25N3O6S.2C2H6/c1-17(2)36-37(33,34)24-16-19-15-21(28-27(32)18-7-5-4-6-8-18)11-14-23(19)26(31)25(24)30-29-20-9-12-22(35-3)13-10-20;2*1-2/h4-17,31H,1-3H3,(H,28,32);2*1-2H3. The summed E-state index contributed by atoms with van der Waals surface area (Å²) in [4.78, 5) is 12.2. The Bertz CT molecular complexity index is 1570. The maximum atomic E-state index is 13.1. The highest BCUT2D eigenvalue weighted by atomic mass is 32.2. The lowest BCUT2D eigenvalue weighted by atomic mass is 10.1. The van der Waals surface area contributed by atoms with Crippen LogP contribution >= 0.6 is 0 Å². The number of carbonyl (C=O) groups is 1. The number of ether oxygens (including phenoxy) is 1. The van der Waals surface area contributed by atoms with Crippen LogP contribution in [0.5, 0.6) is 11.5 Å². The van der Waals surface area contributed by atoms with E-state index in [1.165, 1.54) is 13.2 Å². The van der Waals surface area contributed by atoms with Crippen molar-refractivity contribution in [3.63, 3.8) is 0 Å². The number of nitrogens with one attached hydrogen (secondary N) is 1. The molecule has 41 heavy (non-hydrogen) atoms. The molecule has 0 aromatic heterocycles. The molecule has 0 aliphatic rings. The summed E-state index contributed by atoms with van der Waals surface area (Å²) in [5.41, 5.74) is 1.05. The Balaban J connectivity index is 0.00000141. The van der Waals surface area contributed by atoms with Crippen molar-refractivity contribution in [3.8, 4) is 11.5 Å². The summed E-state index contributed by atoms with van der Waals surface area (Å²) in [7, 11) is -2.78. The lowest BCUT2D eigenvalue weighted by Gasteiger charge is -2.14. The fourth-order valence-electron chi connectivity index (χ4n) is 3.57. The number of hydrogen-bond acceptors (Lipinski definition) is 8. The monoisotopic (exact) mass is 579 g/mol. The van der Waals surface area contributed by atoms with Crippen LogP contribution in [-0.2, 0) is 14.3 Å². The molecule has 0 unspecified atom stereocenters. The van der Waals surface area contributed by atoms with Crippen LogP contribution in [0.25, 0.3) is 10.8 Å².